The Morgan fingerprint density at radius 2 is 2.12 bits per heavy atom. The van der Waals surface area contributed by atoms with E-state index in [-0.39, 0.29) is 17.7 Å². The van der Waals surface area contributed by atoms with Crippen molar-refractivity contribution >= 4 is 11.6 Å². The molecule has 0 radical (unpaired) electrons. The van der Waals surface area contributed by atoms with Crippen LogP contribution in [0.4, 0.5) is 4.39 Å². The Balaban J connectivity index is 2.56. The molecule has 0 aromatic heterocycles. The van der Waals surface area contributed by atoms with Crippen molar-refractivity contribution < 1.29 is 9.50 Å². The van der Waals surface area contributed by atoms with Gasteiger partial charge in [-0.15, -0.1) is 0 Å². The van der Waals surface area contributed by atoms with Gasteiger partial charge in [0.25, 0.3) is 0 Å². The van der Waals surface area contributed by atoms with Crippen molar-refractivity contribution in [3.05, 3.63) is 34.6 Å². The molecule has 0 fully saturated rings. The number of halogens is 2. The summed E-state index contributed by atoms with van der Waals surface area (Å²) >= 11 is 5.85. The van der Waals surface area contributed by atoms with Gasteiger partial charge in [0.1, 0.15) is 5.82 Å². The van der Waals surface area contributed by atoms with Gasteiger partial charge in [0.05, 0.1) is 11.6 Å². The molecule has 0 aliphatic rings. The molecule has 1 rings (SSSR count). The number of benzene rings is 1. The van der Waals surface area contributed by atoms with E-state index < -0.39 is 5.82 Å². The number of aliphatic hydroxyl groups is 1. The molecule has 17 heavy (non-hydrogen) atoms. The summed E-state index contributed by atoms with van der Waals surface area (Å²) in [6, 6.07) is 4.77. The van der Waals surface area contributed by atoms with Crippen molar-refractivity contribution in [3.63, 3.8) is 0 Å². The molecule has 0 heterocycles. The number of hydrogen-bond acceptors (Lipinski definition) is 2. The maximum absolute atomic E-state index is 13.2. The van der Waals surface area contributed by atoms with Crippen LogP contribution in [0.2, 0.25) is 5.02 Å². The Hall–Kier alpha value is -0.640. The maximum Gasteiger partial charge on any atom is 0.142 e. The van der Waals surface area contributed by atoms with E-state index in [4.69, 9.17) is 11.6 Å². The van der Waals surface area contributed by atoms with E-state index >= 15 is 0 Å². The fourth-order valence-electron chi connectivity index (χ4n) is 1.73. The third-order valence-corrected chi connectivity index (χ3v) is 3.01. The molecule has 0 saturated heterocycles. The lowest BCUT2D eigenvalue weighted by atomic mass is 10.0. The summed E-state index contributed by atoms with van der Waals surface area (Å²) in [4.78, 5) is 0. The van der Waals surface area contributed by atoms with Gasteiger partial charge < -0.3 is 10.4 Å². The van der Waals surface area contributed by atoms with Crippen molar-refractivity contribution in [1.82, 2.24) is 5.32 Å². The fourth-order valence-corrected chi connectivity index (χ4v) is 1.92. The first-order valence-corrected chi connectivity index (χ1v) is 6.19. The second kappa shape index (κ2) is 6.94. The summed E-state index contributed by atoms with van der Waals surface area (Å²) < 4.78 is 13.2. The minimum atomic E-state index is -0.407. The standard InChI is InChI=1S/C13H19ClFNO/c1-9(2)6-11(8-17)16-7-10-4-3-5-12(15)13(10)14/h3-5,9,11,16-17H,6-8H2,1-2H3. The topological polar surface area (TPSA) is 32.3 Å². The van der Waals surface area contributed by atoms with Crippen LogP contribution < -0.4 is 5.32 Å². The van der Waals surface area contributed by atoms with E-state index in [0.29, 0.717) is 18.0 Å². The Bertz CT molecular complexity index is 357. The number of nitrogens with one attached hydrogen (secondary N) is 1. The Kier molecular flexibility index (Phi) is 5.89. The zero-order valence-electron chi connectivity index (χ0n) is 10.2. The van der Waals surface area contributed by atoms with Crippen LogP contribution in [0.25, 0.3) is 0 Å². The van der Waals surface area contributed by atoms with E-state index in [2.05, 4.69) is 19.2 Å². The number of hydrogen-bond donors (Lipinski definition) is 2. The molecule has 0 bridgehead atoms. The highest BCUT2D eigenvalue weighted by molar-refractivity contribution is 6.31. The van der Waals surface area contributed by atoms with Crippen LogP contribution in [0.15, 0.2) is 18.2 Å². The van der Waals surface area contributed by atoms with Crippen LogP contribution in [0.5, 0.6) is 0 Å². The predicted molar refractivity (Wildman–Crippen MR) is 68.6 cm³/mol. The van der Waals surface area contributed by atoms with Crippen molar-refractivity contribution in [2.75, 3.05) is 6.61 Å². The van der Waals surface area contributed by atoms with Crippen LogP contribution in [-0.4, -0.2) is 17.8 Å². The molecule has 4 heteroatoms. The molecule has 0 saturated carbocycles. The zero-order valence-corrected chi connectivity index (χ0v) is 11.0. The number of rotatable bonds is 6. The first-order valence-electron chi connectivity index (χ1n) is 5.81. The molecule has 1 aromatic carbocycles. The number of aliphatic hydroxyl groups excluding tert-OH is 1. The fraction of sp³-hybridized carbons (Fsp3) is 0.538. The Labute approximate surface area is 107 Å². The van der Waals surface area contributed by atoms with E-state index in [9.17, 15) is 9.50 Å². The molecular weight excluding hydrogens is 241 g/mol. The highest BCUT2D eigenvalue weighted by Gasteiger charge is 2.11. The minimum absolute atomic E-state index is 0.0225. The average Bonchev–Trinajstić information content (AvgIpc) is 2.28. The van der Waals surface area contributed by atoms with Gasteiger partial charge in [-0.1, -0.05) is 37.6 Å². The molecule has 0 aliphatic heterocycles. The summed E-state index contributed by atoms with van der Waals surface area (Å²) in [6.07, 6.45) is 0.878. The molecule has 1 aromatic rings. The third kappa shape index (κ3) is 4.62. The van der Waals surface area contributed by atoms with E-state index in [1.54, 1.807) is 12.1 Å². The van der Waals surface area contributed by atoms with Gasteiger partial charge in [-0.05, 0) is 24.0 Å². The predicted octanol–water partition coefficient (Wildman–Crippen LogP) is 2.98. The van der Waals surface area contributed by atoms with Crippen LogP contribution in [-0.2, 0) is 6.54 Å². The molecule has 0 amide bonds. The van der Waals surface area contributed by atoms with Crippen LogP contribution in [0, 0.1) is 11.7 Å². The average molecular weight is 260 g/mol. The van der Waals surface area contributed by atoms with Crippen LogP contribution in [0.1, 0.15) is 25.8 Å². The summed E-state index contributed by atoms with van der Waals surface area (Å²) in [5.74, 6) is 0.0954. The highest BCUT2D eigenvalue weighted by Crippen LogP contribution is 2.19. The SMILES string of the molecule is CC(C)CC(CO)NCc1cccc(F)c1Cl. The smallest absolute Gasteiger partial charge is 0.142 e. The maximum atomic E-state index is 13.2. The first-order chi connectivity index (χ1) is 8.04. The first kappa shape index (κ1) is 14.4. The Morgan fingerprint density at radius 3 is 2.71 bits per heavy atom. The largest absolute Gasteiger partial charge is 0.395 e. The minimum Gasteiger partial charge on any atom is -0.395 e. The molecular formula is C13H19ClFNO. The molecule has 0 aliphatic carbocycles. The lowest BCUT2D eigenvalue weighted by molar-refractivity contribution is 0.223. The van der Waals surface area contributed by atoms with E-state index in [1.165, 1.54) is 6.07 Å². The molecule has 2 N–H and O–H groups in total. The lowest BCUT2D eigenvalue weighted by Crippen LogP contribution is -2.33. The van der Waals surface area contributed by atoms with E-state index in [0.717, 1.165) is 6.42 Å². The normalized spacial score (nSPS) is 13.1. The lowest BCUT2D eigenvalue weighted by Gasteiger charge is -2.18. The van der Waals surface area contributed by atoms with Gasteiger partial charge in [-0.25, -0.2) is 4.39 Å². The third-order valence-electron chi connectivity index (χ3n) is 2.59. The monoisotopic (exact) mass is 259 g/mol. The van der Waals surface area contributed by atoms with E-state index in [1.807, 2.05) is 0 Å². The molecule has 2 nitrogen and oxygen atoms in total. The summed E-state index contributed by atoms with van der Waals surface area (Å²) in [7, 11) is 0. The van der Waals surface area contributed by atoms with Crippen molar-refractivity contribution in [3.8, 4) is 0 Å². The van der Waals surface area contributed by atoms with Gasteiger partial charge in [-0.3, -0.25) is 0 Å². The van der Waals surface area contributed by atoms with Gasteiger partial charge in [0.2, 0.25) is 0 Å². The second-order valence-corrected chi connectivity index (χ2v) is 4.98. The Morgan fingerprint density at radius 1 is 1.41 bits per heavy atom. The molecule has 96 valence electrons. The van der Waals surface area contributed by atoms with Crippen molar-refractivity contribution in [2.24, 2.45) is 5.92 Å². The summed E-state index contributed by atoms with van der Waals surface area (Å²) in [5, 5.41) is 12.5. The van der Waals surface area contributed by atoms with Crippen LogP contribution in [0.3, 0.4) is 0 Å². The quantitative estimate of drug-likeness (QED) is 0.823. The van der Waals surface area contributed by atoms with Crippen molar-refractivity contribution in [2.45, 2.75) is 32.9 Å². The second-order valence-electron chi connectivity index (χ2n) is 4.60. The van der Waals surface area contributed by atoms with Gasteiger partial charge in [0.15, 0.2) is 0 Å². The molecule has 1 unspecified atom stereocenters. The summed E-state index contributed by atoms with van der Waals surface area (Å²) in [6.45, 7) is 4.73. The molecule has 1 atom stereocenters. The van der Waals surface area contributed by atoms with Gasteiger partial charge in [-0.2, -0.15) is 0 Å². The van der Waals surface area contributed by atoms with Gasteiger partial charge in [0, 0.05) is 12.6 Å². The van der Waals surface area contributed by atoms with Gasteiger partial charge >= 0.3 is 0 Å². The molecule has 0 spiro atoms. The van der Waals surface area contributed by atoms with Crippen molar-refractivity contribution in [1.29, 1.82) is 0 Å². The zero-order chi connectivity index (χ0) is 12.8. The summed E-state index contributed by atoms with van der Waals surface area (Å²) in [5.41, 5.74) is 0.717. The van der Waals surface area contributed by atoms with Crippen LogP contribution >= 0.6 is 11.6 Å². The highest BCUT2D eigenvalue weighted by atomic mass is 35.5.